The minimum absolute atomic E-state index is 0.308. The minimum Gasteiger partial charge on any atom is -0.239 e. The molecule has 1 aliphatic heterocycles. The van der Waals surface area contributed by atoms with Gasteiger partial charge in [-0.25, -0.2) is 13.6 Å². The van der Waals surface area contributed by atoms with Crippen LogP contribution < -0.4 is 9.37 Å². The summed E-state index contributed by atoms with van der Waals surface area (Å²) in [6.45, 7) is 0. The quantitative estimate of drug-likeness (QED) is 0.718. The Morgan fingerprint density at radius 3 is 1.79 bits per heavy atom. The van der Waals surface area contributed by atoms with Gasteiger partial charge in [0.1, 0.15) is 0 Å². The van der Waals surface area contributed by atoms with E-state index >= 15 is 0 Å². The van der Waals surface area contributed by atoms with Gasteiger partial charge < -0.3 is 0 Å². The van der Waals surface area contributed by atoms with E-state index < -0.39 is 11.3 Å². The average Bonchev–Trinajstić information content (AvgIpc) is 3.01. The minimum atomic E-state index is -1.61. The van der Waals surface area contributed by atoms with Crippen LogP contribution in [0.2, 0.25) is 0 Å². The molecule has 5 heteroatoms. The Morgan fingerprint density at radius 2 is 1.21 bits per heavy atom. The van der Waals surface area contributed by atoms with Crippen molar-refractivity contribution in [3.8, 4) is 0 Å². The second kappa shape index (κ2) is 6.47. The van der Waals surface area contributed by atoms with Crippen molar-refractivity contribution in [2.75, 3.05) is 9.37 Å². The summed E-state index contributed by atoms with van der Waals surface area (Å²) in [5.74, 6) is 0. The van der Waals surface area contributed by atoms with Gasteiger partial charge in [-0.1, -0.05) is 66.7 Å². The van der Waals surface area contributed by atoms with Crippen LogP contribution in [0.25, 0.3) is 0 Å². The predicted molar refractivity (Wildman–Crippen MR) is 96.3 cm³/mol. The van der Waals surface area contributed by atoms with Crippen LogP contribution in [0.4, 0.5) is 11.4 Å². The molecule has 1 heterocycles. The maximum atomic E-state index is 12.7. The van der Waals surface area contributed by atoms with E-state index in [1.807, 2.05) is 91.0 Å². The van der Waals surface area contributed by atoms with Crippen molar-refractivity contribution < 1.29 is 8.49 Å². The topological polar surface area (TPSA) is 32.8 Å². The van der Waals surface area contributed by atoms with Gasteiger partial charge in [0.25, 0.3) is 11.3 Å². The van der Waals surface area contributed by atoms with Gasteiger partial charge >= 0.3 is 0 Å². The number of para-hydroxylation sites is 2. The normalized spacial score (nSPS) is 20.3. The fourth-order valence-electron chi connectivity index (χ4n) is 2.78. The molecular weight excluding hydrogens is 320 g/mol. The Balaban J connectivity index is 1.83. The molecule has 2 unspecified atom stereocenters. The van der Waals surface area contributed by atoms with E-state index in [0.29, 0.717) is 0 Å². The maximum absolute atomic E-state index is 12.7. The molecular formula is C19H16N2O2S. The first-order chi connectivity index (χ1) is 11.8. The molecule has 0 N–H and O–H groups in total. The molecule has 3 aromatic rings. The van der Waals surface area contributed by atoms with E-state index in [4.69, 9.17) is 4.28 Å². The van der Waals surface area contributed by atoms with Crippen molar-refractivity contribution in [3.05, 3.63) is 96.6 Å². The highest BCUT2D eigenvalue weighted by Gasteiger charge is 2.41. The Labute approximate surface area is 143 Å². The van der Waals surface area contributed by atoms with Crippen LogP contribution in [0.15, 0.2) is 91.0 Å². The maximum Gasteiger partial charge on any atom is 0.289 e. The lowest BCUT2D eigenvalue weighted by atomic mass is 10.1. The van der Waals surface area contributed by atoms with Gasteiger partial charge in [-0.3, -0.25) is 0 Å². The number of hydroxylamine groups is 1. The van der Waals surface area contributed by atoms with Gasteiger partial charge in [-0.05, 0) is 29.8 Å². The summed E-state index contributed by atoms with van der Waals surface area (Å²) < 4.78 is 20.2. The lowest BCUT2D eigenvalue weighted by Gasteiger charge is -2.27. The van der Waals surface area contributed by atoms with E-state index in [0.717, 1.165) is 16.9 Å². The monoisotopic (exact) mass is 336 g/mol. The van der Waals surface area contributed by atoms with Gasteiger partial charge in [0.2, 0.25) is 0 Å². The zero-order valence-corrected chi connectivity index (χ0v) is 13.7. The Morgan fingerprint density at radius 1 is 0.708 bits per heavy atom. The highest BCUT2D eigenvalue weighted by Crippen LogP contribution is 2.40. The first kappa shape index (κ1) is 14.9. The average molecular weight is 336 g/mol. The van der Waals surface area contributed by atoms with Crippen molar-refractivity contribution in [1.82, 2.24) is 0 Å². The number of anilines is 2. The molecule has 0 radical (unpaired) electrons. The molecule has 24 heavy (non-hydrogen) atoms. The summed E-state index contributed by atoms with van der Waals surface area (Å²) in [5.41, 5.74) is 2.72. The number of hydrogen-bond acceptors (Lipinski definition) is 3. The van der Waals surface area contributed by atoms with E-state index in [9.17, 15) is 4.21 Å². The largest absolute Gasteiger partial charge is 0.289 e. The van der Waals surface area contributed by atoms with Gasteiger partial charge in [0.15, 0.2) is 6.17 Å². The second-order valence-corrected chi connectivity index (χ2v) is 6.38. The molecule has 1 fully saturated rings. The second-order valence-electron chi connectivity index (χ2n) is 5.40. The third-order valence-electron chi connectivity index (χ3n) is 3.87. The van der Waals surface area contributed by atoms with Crippen LogP contribution in [0, 0.1) is 0 Å². The summed E-state index contributed by atoms with van der Waals surface area (Å²) in [5, 5.41) is 1.71. The van der Waals surface area contributed by atoms with E-state index in [2.05, 4.69) is 0 Å². The third-order valence-corrected chi connectivity index (χ3v) is 4.89. The Kier molecular flexibility index (Phi) is 4.02. The first-order valence-electron chi connectivity index (χ1n) is 7.68. The van der Waals surface area contributed by atoms with E-state index in [-0.39, 0.29) is 6.17 Å². The standard InChI is InChI=1S/C19H16N2O2S/c22-24-21(18-14-8-3-9-15-18)19(16-10-4-1-5-11-16)20(23-24)17-12-6-2-7-13-17/h1-15,19H. The molecule has 0 bridgehead atoms. The molecule has 3 aromatic carbocycles. The third kappa shape index (κ3) is 2.68. The highest BCUT2D eigenvalue weighted by molar-refractivity contribution is 7.82. The summed E-state index contributed by atoms with van der Waals surface area (Å²) in [6.07, 6.45) is -0.308. The van der Waals surface area contributed by atoms with E-state index in [1.165, 1.54) is 0 Å². The summed E-state index contributed by atoms with van der Waals surface area (Å²) in [6, 6.07) is 29.3. The molecule has 120 valence electrons. The van der Waals surface area contributed by atoms with Crippen LogP contribution in [0.1, 0.15) is 11.7 Å². The van der Waals surface area contributed by atoms with Crippen LogP contribution >= 0.6 is 0 Å². The lowest BCUT2D eigenvalue weighted by Crippen LogP contribution is -2.30. The van der Waals surface area contributed by atoms with Gasteiger partial charge in [-0.15, -0.1) is 4.28 Å². The van der Waals surface area contributed by atoms with Crippen molar-refractivity contribution in [2.24, 2.45) is 0 Å². The summed E-state index contributed by atoms with van der Waals surface area (Å²) >= 11 is -1.61. The van der Waals surface area contributed by atoms with Gasteiger partial charge in [0.05, 0.1) is 11.4 Å². The molecule has 4 rings (SSSR count). The SMILES string of the molecule is O=S1ON(c2ccccc2)C(c2ccccc2)N1c1ccccc1. The first-order valence-corrected chi connectivity index (χ1v) is 8.71. The number of nitrogens with zero attached hydrogens (tertiary/aromatic N) is 2. The molecule has 0 amide bonds. The molecule has 1 saturated heterocycles. The zero-order chi connectivity index (χ0) is 16.4. The van der Waals surface area contributed by atoms with Crippen LogP contribution in [0.3, 0.4) is 0 Å². The fourth-order valence-corrected chi connectivity index (χ4v) is 3.82. The van der Waals surface area contributed by atoms with Gasteiger partial charge in [-0.2, -0.15) is 0 Å². The zero-order valence-electron chi connectivity index (χ0n) is 12.9. The van der Waals surface area contributed by atoms with Crippen LogP contribution in [0.5, 0.6) is 0 Å². The molecule has 0 saturated carbocycles. The molecule has 1 aliphatic rings. The fraction of sp³-hybridized carbons (Fsp3) is 0.0526. The molecule has 0 aromatic heterocycles. The number of rotatable bonds is 3. The van der Waals surface area contributed by atoms with Crippen LogP contribution in [-0.4, -0.2) is 4.21 Å². The molecule has 2 atom stereocenters. The summed E-state index contributed by atoms with van der Waals surface area (Å²) in [7, 11) is 0. The van der Waals surface area contributed by atoms with Gasteiger partial charge in [0, 0.05) is 0 Å². The predicted octanol–water partition coefficient (Wildman–Crippen LogP) is 4.22. The summed E-state index contributed by atoms with van der Waals surface area (Å²) in [4.78, 5) is 0. The van der Waals surface area contributed by atoms with E-state index in [1.54, 1.807) is 9.37 Å². The lowest BCUT2D eigenvalue weighted by molar-refractivity contribution is 0.309. The van der Waals surface area contributed by atoms with Crippen molar-refractivity contribution in [3.63, 3.8) is 0 Å². The number of hydrogen-bond donors (Lipinski definition) is 0. The smallest absolute Gasteiger partial charge is 0.239 e. The van der Waals surface area contributed by atoms with Crippen LogP contribution in [-0.2, 0) is 15.6 Å². The molecule has 4 nitrogen and oxygen atoms in total. The Hall–Kier alpha value is -2.63. The molecule has 0 spiro atoms. The van der Waals surface area contributed by atoms with Crippen molar-refractivity contribution in [1.29, 1.82) is 0 Å². The molecule has 0 aliphatic carbocycles. The Bertz CT molecular complexity index is 828. The van der Waals surface area contributed by atoms with Crippen molar-refractivity contribution >= 4 is 22.6 Å². The van der Waals surface area contributed by atoms with Crippen molar-refractivity contribution in [2.45, 2.75) is 6.17 Å². The number of benzene rings is 3. The highest BCUT2D eigenvalue weighted by atomic mass is 32.2.